The summed E-state index contributed by atoms with van der Waals surface area (Å²) in [6.45, 7) is -0.807. The second-order valence-corrected chi connectivity index (χ2v) is 7.05. The van der Waals surface area contributed by atoms with Crippen LogP contribution in [0.4, 0.5) is 24.5 Å². The van der Waals surface area contributed by atoms with Gasteiger partial charge in [0, 0.05) is 31.5 Å². The van der Waals surface area contributed by atoms with Gasteiger partial charge in [-0.25, -0.2) is 0 Å². The molecular formula is C19H19F3N4O4. The van der Waals surface area contributed by atoms with Gasteiger partial charge in [0.1, 0.15) is 6.54 Å². The Labute approximate surface area is 169 Å². The molecule has 0 unspecified atom stereocenters. The van der Waals surface area contributed by atoms with Gasteiger partial charge in [-0.3, -0.25) is 19.4 Å². The van der Waals surface area contributed by atoms with Gasteiger partial charge in [-0.05, 0) is 24.6 Å². The van der Waals surface area contributed by atoms with Crippen LogP contribution < -0.4 is 15.8 Å². The zero-order valence-corrected chi connectivity index (χ0v) is 15.7. The van der Waals surface area contributed by atoms with Crippen molar-refractivity contribution in [1.82, 2.24) is 9.55 Å². The molecule has 30 heavy (non-hydrogen) atoms. The standard InChI is InChI=1S/C19H19F3N4O4/c20-19(21,22)13-6-12(8-25(9-13)15-2-1-5-23-7-15)18(30)24-14-3-4-16(27)26(10-14)11-17(28)29/h1-5,7,10,12-13H,6,8-9,11H2,(H,24,30)(H,28,29)/t12-,13-/m0/s1. The zero-order chi connectivity index (χ0) is 21.9. The zero-order valence-electron chi connectivity index (χ0n) is 15.7. The van der Waals surface area contributed by atoms with E-state index in [-0.39, 0.29) is 25.2 Å². The van der Waals surface area contributed by atoms with E-state index in [1.807, 2.05) is 0 Å². The van der Waals surface area contributed by atoms with Gasteiger partial charge in [-0.2, -0.15) is 13.2 Å². The quantitative estimate of drug-likeness (QED) is 0.761. The van der Waals surface area contributed by atoms with Crippen LogP contribution in [0.1, 0.15) is 6.42 Å². The minimum absolute atomic E-state index is 0.0683. The molecule has 3 rings (SSSR count). The number of amides is 1. The number of hydrogen-bond donors (Lipinski definition) is 2. The molecule has 160 valence electrons. The number of aromatic nitrogens is 2. The predicted octanol–water partition coefficient (Wildman–Crippen LogP) is 1.97. The molecule has 11 heteroatoms. The van der Waals surface area contributed by atoms with Crippen LogP contribution in [0.25, 0.3) is 0 Å². The fraction of sp³-hybridized carbons (Fsp3) is 0.368. The average molecular weight is 424 g/mol. The topological polar surface area (TPSA) is 105 Å². The maximum Gasteiger partial charge on any atom is 0.393 e. The second kappa shape index (κ2) is 8.56. The largest absolute Gasteiger partial charge is 0.480 e. The normalized spacial score (nSPS) is 19.4. The van der Waals surface area contributed by atoms with Crippen molar-refractivity contribution in [2.75, 3.05) is 23.3 Å². The fourth-order valence-corrected chi connectivity index (χ4v) is 3.40. The van der Waals surface area contributed by atoms with Gasteiger partial charge in [0.2, 0.25) is 5.91 Å². The Hall–Kier alpha value is -3.37. The molecule has 2 aromatic rings. The molecule has 0 aliphatic carbocycles. The molecule has 1 aliphatic rings. The molecular weight excluding hydrogens is 405 g/mol. The number of carboxylic acids is 1. The summed E-state index contributed by atoms with van der Waals surface area (Å²) in [6, 6.07) is 5.59. The summed E-state index contributed by atoms with van der Waals surface area (Å²) in [5.41, 5.74) is 0.0371. The number of rotatable bonds is 5. The number of carboxylic acid groups (broad SMARTS) is 1. The van der Waals surface area contributed by atoms with Gasteiger partial charge in [0.15, 0.2) is 0 Å². The molecule has 2 N–H and O–H groups in total. The van der Waals surface area contributed by atoms with E-state index >= 15 is 0 Å². The Bertz CT molecular complexity index is 978. The highest BCUT2D eigenvalue weighted by atomic mass is 19.4. The van der Waals surface area contributed by atoms with Gasteiger partial charge in [-0.1, -0.05) is 0 Å². The van der Waals surface area contributed by atoms with Gasteiger partial charge < -0.3 is 19.9 Å². The third kappa shape index (κ3) is 5.16. The Balaban J connectivity index is 1.80. The first-order valence-corrected chi connectivity index (χ1v) is 9.08. The maximum atomic E-state index is 13.4. The lowest BCUT2D eigenvalue weighted by molar-refractivity contribution is -0.179. The van der Waals surface area contributed by atoms with Crippen molar-refractivity contribution in [1.29, 1.82) is 0 Å². The second-order valence-electron chi connectivity index (χ2n) is 7.05. The summed E-state index contributed by atoms with van der Waals surface area (Å²) in [7, 11) is 0. The number of piperidine rings is 1. The first kappa shape index (κ1) is 21.3. The van der Waals surface area contributed by atoms with E-state index in [9.17, 15) is 27.6 Å². The van der Waals surface area contributed by atoms with Crippen LogP contribution in [0.2, 0.25) is 0 Å². The number of halogens is 3. The van der Waals surface area contributed by atoms with Crippen LogP contribution in [0.5, 0.6) is 0 Å². The summed E-state index contributed by atoms with van der Waals surface area (Å²) in [5, 5.41) is 11.3. The van der Waals surface area contributed by atoms with E-state index in [1.165, 1.54) is 23.4 Å². The van der Waals surface area contributed by atoms with Crippen molar-refractivity contribution < 1.29 is 27.9 Å². The summed E-state index contributed by atoms with van der Waals surface area (Å²) in [4.78, 5) is 40.6. The van der Waals surface area contributed by atoms with Crippen molar-refractivity contribution in [3.63, 3.8) is 0 Å². The number of alkyl halides is 3. The molecule has 0 bridgehead atoms. The Kier molecular flexibility index (Phi) is 6.09. The monoisotopic (exact) mass is 424 g/mol. The first-order chi connectivity index (χ1) is 14.1. The number of pyridine rings is 2. The van der Waals surface area contributed by atoms with Crippen LogP contribution in [0.3, 0.4) is 0 Å². The fourth-order valence-electron chi connectivity index (χ4n) is 3.40. The molecule has 0 saturated carbocycles. The smallest absolute Gasteiger partial charge is 0.393 e. The van der Waals surface area contributed by atoms with Crippen molar-refractivity contribution in [3.8, 4) is 0 Å². The highest BCUT2D eigenvalue weighted by Gasteiger charge is 2.46. The summed E-state index contributed by atoms with van der Waals surface area (Å²) < 4.78 is 41.2. The van der Waals surface area contributed by atoms with Crippen molar-refractivity contribution in [2.45, 2.75) is 19.1 Å². The Morgan fingerprint density at radius 2 is 2.00 bits per heavy atom. The lowest BCUT2D eigenvalue weighted by Gasteiger charge is -2.39. The number of carbonyl (C=O) groups is 2. The van der Waals surface area contributed by atoms with E-state index in [2.05, 4.69) is 10.3 Å². The van der Waals surface area contributed by atoms with E-state index in [4.69, 9.17) is 5.11 Å². The van der Waals surface area contributed by atoms with E-state index in [1.54, 1.807) is 12.1 Å². The Morgan fingerprint density at radius 1 is 1.23 bits per heavy atom. The minimum atomic E-state index is -4.46. The number of nitrogens with zero attached hydrogens (tertiary/aromatic N) is 3. The SMILES string of the molecule is O=C(O)Cn1cc(NC(=O)[C@H]2C[C@H](C(F)(F)F)CN(c3cccnc3)C2)ccc1=O. The summed E-state index contributed by atoms with van der Waals surface area (Å²) >= 11 is 0. The number of aliphatic carboxylic acids is 1. The average Bonchev–Trinajstić information content (AvgIpc) is 2.70. The number of hydrogen-bond acceptors (Lipinski definition) is 5. The van der Waals surface area contributed by atoms with Gasteiger partial charge in [-0.15, -0.1) is 0 Å². The molecule has 0 radical (unpaired) electrons. The lowest BCUT2D eigenvalue weighted by Crippen LogP contribution is -2.49. The third-order valence-corrected chi connectivity index (χ3v) is 4.85. The molecule has 3 heterocycles. The number of anilines is 2. The van der Waals surface area contributed by atoms with Crippen LogP contribution in [0, 0.1) is 11.8 Å². The van der Waals surface area contributed by atoms with Gasteiger partial charge >= 0.3 is 12.1 Å². The molecule has 1 fully saturated rings. The molecule has 8 nitrogen and oxygen atoms in total. The van der Waals surface area contributed by atoms with Crippen LogP contribution in [-0.4, -0.2) is 45.8 Å². The molecule has 1 saturated heterocycles. The minimum Gasteiger partial charge on any atom is -0.480 e. The van der Waals surface area contributed by atoms with E-state index in [0.717, 1.165) is 16.8 Å². The van der Waals surface area contributed by atoms with E-state index < -0.39 is 42.0 Å². The molecule has 2 atom stereocenters. The highest BCUT2D eigenvalue weighted by molar-refractivity contribution is 5.93. The van der Waals surface area contributed by atoms with Crippen LogP contribution in [-0.2, 0) is 16.1 Å². The van der Waals surface area contributed by atoms with Gasteiger partial charge in [0.25, 0.3) is 5.56 Å². The Morgan fingerprint density at radius 3 is 2.63 bits per heavy atom. The highest BCUT2D eigenvalue weighted by Crippen LogP contribution is 2.37. The first-order valence-electron chi connectivity index (χ1n) is 9.08. The number of carbonyl (C=O) groups excluding carboxylic acids is 1. The molecule has 1 amide bonds. The third-order valence-electron chi connectivity index (χ3n) is 4.85. The molecule has 0 spiro atoms. The summed E-state index contributed by atoms with van der Waals surface area (Å²) in [6.07, 6.45) is -0.743. The lowest BCUT2D eigenvalue weighted by atomic mass is 9.87. The summed E-state index contributed by atoms with van der Waals surface area (Å²) in [5.74, 6) is -4.54. The molecule has 0 aromatic carbocycles. The number of nitrogens with one attached hydrogen (secondary N) is 1. The molecule has 2 aromatic heterocycles. The van der Waals surface area contributed by atoms with Gasteiger partial charge in [0.05, 0.1) is 29.4 Å². The predicted molar refractivity (Wildman–Crippen MR) is 101 cm³/mol. The maximum absolute atomic E-state index is 13.4. The molecule has 1 aliphatic heterocycles. The van der Waals surface area contributed by atoms with Crippen molar-refractivity contribution >= 4 is 23.3 Å². The van der Waals surface area contributed by atoms with E-state index in [0.29, 0.717) is 5.69 Å². The van der Waals surface area contributed by atoms with Crippen molar-refractivity contribution in [2.24, 2.45) is 11.8 Å². The van der Waals surface area contributed by atoms with Crippen molar-refractivity contribution in [3.05, 3.63) is 53.2 Å². The van der Waals surface area contributed by atoms with Crippen LogP contribution >= 0.6 is 0 Å². The van der Waals surface area contributed by atoms with Crippen LogP contribution in [0.15, 0.2) is 47.7 Å².